The lowest BCUT2D eigenvalue weighted by Crippen LogP contribution is -2.29. The van der Waals surface area contributed by atoms with Gasteiger partial charge in [-0.05, 0) is 43.5 Å². The van der Waals surface area contributed by atoms with Crippen LogP contribution in [0.2, 0.25) is 5.02 Å². The molecule has 2 amide bonds. The van der Waals surface area contributed by atoms with Crippen LogP contribution in [-0.4, -0.2) is 18.4 Å². The molecule has 0 saturated carbocycles. The normalized spacial score (nSPS) is 15.2. The first kappa shape index (κ1) is 18.5. The van der Waals surface area contributed by atoms with Crippen LogP contribution in [0.1, 0.15) is 53.7 Å². The average molecular weight is 371 g/mol. The van der Waals surface area contributed by atoms with Crippen molar-refractivity contribution in [3.8, 4) is 0 Å². The van der Waals surface area contributed by atoms with Gasteiger partial charge in [-0.3, -0.25) is 9.59 Å². The van der Waals surface area contributed by atoms with Gasteiger partial charge in [-0.2, -0.15) is 0 Å². The van der Waals surface area contributed by atoms with Crippen LogP contribution in [0.15, 0.2) is 42.5 Å². The number of hydrogen-bond donors (Lipinski definition) is 1. The Hall–Kier alpha value is -2.33. The zero-order valence-corrected chi connectivity index (χ0v) is 15.8. The van der Waals surface area contributed by atoms with E-state index in [1.165, 1.54) is 5.56 Å². The summed E-state index contributed by atoms with van der Waals surface area (Å²) in [6.45, 7) is 4.73. The molecular weight excluding hydrogens is 348 g/mol. The first-order valence-corrected chi connectivity index (χ1v) is 9.34. The predicted octanol–water partition coefficient (Wildman–Crippen LogP) is 4.66. The lowest BCUT2D eigenvalue weighted by molar-refractivity contribution is -0.117. The molecular formula is C21H23ClN2O2. The Balaban J connectivity index is 1.80. The smallest absolute Gasteiger partial charge is 0.251 e. The highest BCUT2D eigenvalue weighted by atomic mass is 35.5. The van der Waals surface area contributed by atoms with Crippen molar-refractivity contribution in [3.63, 3.8) is 0 Å². The highest BCUT2D eigenvalue weighted by Crippen LogP contribution is 2.30. The van der Waals surface area contributed by atoms with E-state index in [9.17, 15) is 9.59 Å². The van der Waals surface area contributed by atoms with Gasteiger partial charge in [0, 0.05) is 18.5 Å². The Kier molecular flexibility index (Phi) is 5.62. The molecule has 4 nitrogen and oxygen atoms in total. The van der Waals surface area contributed by atoms with Crippen molar-refractivity contribution < 1.29 is 9.59 Å². The van der Waals surface area contributed by atoms with Gasteiger partial charge < -0.3 is 10.2 Å². The van der Waals surface area contributed by atoms with Crippen LogP contribution in [0.5, 0.6) is 0 Å². The molecule has 136 valence electrons. The van der Waals surface area contributed by atoms with Gasteiger partial charge in [-0.15, -0.1) is 0 Å². The number of nitrogens with one attached hydrogen (secondary N) is 1. The summed E-state index contributed by atoms with van der Waals surface area (Å²) in [5, 5.41) is 3.57. The molecule has 0 bridgehead atoms. The van der Waals surface area contributed by atoms with Crippen molar-refractivity contribution >= 4 is 29.1 Å². The number of anilines is 1. The van der Waals surface area contributed by atoms with Crippen LogP contribution in [0.3, 0.4) is 0 Å². The molecule has 1 heterocycles. The van der Waals surface area contributed by atoms with E-state index in [-0.39, 0.29) is 17.9 Å². The topological polar surface area (TPSA) is 49.4 Å². The number of aryl methyl sites for hydroxylation is 1. The molecule has 2 aromatic rings. The van der Waals surface area contributed by atoms with Crippen molar-refractivity contribution in [1.29, 1.82) is 0 Å². The SMILES string of the molecule is CC[C@H](NC(=O)c1ccc(Cl)c(N2CCCC2=O)c1)c1ccc(C)cc1. The summed E-state index contributed by atoms with van der Waals surface area (Å²) in [5.41, 5.74) is 3.39. The van der Waals surface area contributed by atoms with Crippen LogP contribution >= 0.6 is 11.6 Å². The molecule has 0 radical (unpaired) electrons. The average Bonchev–Trinajstić information content (AvgIpc) is 3.06. The maximum atomic E-state index is 12.8. The fourth-order valence-corrected chi connectivity index (χ4v) is 3.44. The van der Waals surface area contributed by atoms with E-state index in [0.717, 1.165) is 18.4 Å². The Bertz CT molecular complexity index is 817. The van der Waals surface area contributed by atoms with Crippen molar-refractivity contribution in [2.75, 3.05) is 11.4 Å². The maximum Gasteiger partial charge on any atom is 0.251 e. The number of benzene rings is 2. The second-order valence-corrected chi connectivity index (χ2v) is 7.07. The number of nitrogens with zero attached hydrogens (tertiary/aromatic N) is 1. The summed E-state index contributed by atoms with van der Waals surface area (Å²) in [6.07, 6.45) is 2.13. The Morgan fingerprint density at radius 1 is 1.23 bits per heavy atom. The fraction of sp³-hybridized carbons (Fsp3) is 0.333. The standard InChI is InChI=1S/C21H23ClN2O2/c1-3-18(15-8-6-14(2)7-9-15)23-21(26)16-10-11-17(22)19(13-16)24-12-4-5-20(24)25/h6-11,13,18H,3-5,12H2,1-2H3,(H,23,26)/t18-/m0/s1. The molecule has 26 heavy (non-hydrogen) atoms. The molecule has 1 aliphatic heterocycles. The molecule has 1 atom stereocenters. The monoisotopic (exact) mass is 370 g/mol. The summed E-state index contributed by atoms with van der Waals surface area (Å²) < 4.78 is 0. The third kappa shape index (κ3) is 3.91. The molecule has 5 heteroatoms. The third-order valence-electron chi connectivity index (χ3n) is 4.77. The van der Waals surface area contributed by atoms with E-state index >= 15 is 0 Å². The summed E-state index contributed by atoms with van der Waals surface area (Å²) >= 11 is 6.26. The third-order valence-corrected chi connectivity index (χ3v) is 5.09. The number of carbonyl (C=O) groups excluding carboxylic acids is 2. The number of hydrogen-bond acceptors (Lipinski definition) is 2. The van der Waals surface area contributed by atoms with Gasteiger partial charge in [0.2, 0.25) is 5.91 Å². The molecule has 0 aromatic heterocycles. The minimum absolute atomic E-state index is 0.0514. The highest BCUT2D eigenvalue weighted by Gasteiger charge is 2.25. The van der Waals surface area contributed by atoms with Gasteiger partial charge in [0.25, 0.3) is 5.91 Å². The lowest BCUT2D eigenvalue weighted by atomic mass is 10.0. The number of amides is 2. The molecule has 3 rings (SSSR count). The number of carbonyl (C=O) groups is 2. The van der Waals surface area contributed by atoms with E-state index in [0.29, 0.717) is 29.2 Å². The van der Waals surface area contributed by atoms with Crippen LogP contribution in [-0.2, 0) is 4.79 Å². The molecule has 1 N–H and O–H groups in total. The minimum atomic E-state index is -0.165. The summed E-state index contributed by atoms with van der Waals surface area (Å²) in [4.78, 5) is 26.4. The van der Waals surface area contributed by atoms with Crippen LogP contribution < -0.4 is 10.2 Å². The largest absolute Gasteiger partial charge is 0.345 e. The molecule has 1 saturated heterocycles. The van der Waals surface area contributed by atoms with Crippen molar-refractivity contribution in [2.24, 2.45) is 0 Å². The minimum Gasteiger partial charge on any atom is -0.345 e. The Morgan fingerprint density at radius 2 is 1.96 bits per heavy atom. The highest BCUT2D eigenvalue weighted by molar-refractivity contribution is 6.34. The summed E-state index contributed by atoms with van der Waals surface area (Å²) in [7, 11) is 0. The number of rotatable bonds is 5. The van der Waals surface area contributed by atoms with Crippen molar-refractivity contribution in [2.45, 2.75) is 39.2 Å². The molecule has 1 aliphatic rings. The fourth-order valence-electron chi connectivity index (χ4n) is 3.23. The van der Waals surface area contributed by atoms with Gasteiger partial charge in [0.1, 0.15) is 0 Å². The van der Waals surface area contributed by atoms with Gasteiger partial charge in [0.05, 0.1) is 16.8 Å². The van der Waals surface area contributed by atoms with Crippen molar-refractivity contribution in [1.82, 2.24) is 5.32 Å². The first-order valence-electron chi connectivity index (χ1n) is 8.97. The predicted molar refractivity (Wildman–Crippen MR) is 105 cm³/mol. The number of halogens is 1. The van der Waals surface area contributed by atoms with Crippen molar-refractivity contribution in [3.05, 3.63) is 64.2 Å². The summed E-state index contributed by atoms with van der Waals surface area (Å²) in [5.74, 6) is -0.113. The van der Waals surface area contributed by atoms with Gasteiger partial charge in [0.15, 0.2) is 0 Å². The maximum absolute atomic E-state index is 12.8. The van der Waals surface area contributed by atoms with Crippen LogP contribution in [0, 0.1) is 6.92 Å². The van der Waals surface area contributed by atoms with Gasteiger partial charge in [-0.1, -0.05) is 48.4 Å². The summed E-state index contributed by atoms with van der Waals surface area (Å²) in [6, 6.07) is 13.2. The molecule has 2 aromatic carbocycles. The quantitative estimate of drug-likeness (QED) is 0.832. The van der Waals surface area contributed by atoms with Gasteiger partial charge in [-0.25, -0.2) is 0 Å². The van der Waals surface area contributed by atoms with Gasteiger partial charge >= 0.3 is 0 Å². The van der Waals surface area contributed by atoms with Crippen LogP contribution in [0.4, 0.5) is 5.69 Å². The van der Waals surface area contributed by atoms with E-state index in [1.807, 2.05) is 38.1 Å². The second kappa shape index (κ2) is 7.92. The van der Waals surface area contributed by atoms with E-state index in [1.54, 1.807) is 23.1 Å². The zero-order chi connectivity index (χ0) is 18.7. The zero-order valence-electron chi connectivity index (χ0n) is 15.1. The molecule has 1 fully saturated rings. The van der Waals surface area contributed by atoms with E-state index < -0.39 is 0 Å². The first-order chi connectivity index (χ1) is 12.5. The molecule has 0 spiro atoms. The Labute approximate surface area is 159 Å². The second-order valence-electron chi connectivity index (χ2n) is 6.66. The van der Waals surface area contributed by atoms with Crippen LogP contribution in [0.25, 0.3) is 0 Å². The lowest BCUT2D eigenvalue weighted by Gasteiger charge is -2.20. The molecule has 0 aliphatic carbocycles. The van der Waals surface area contributed by atoms with E-state index in [4.69, 9.17) is 11.6 Å². The molecule has 0 unspecified atom stereocenters. The Morgan fingerprint density at radius 3 is 2.58 bits per heavy atom. The van der Waals surface area contributed by atoms with E-state index in [2.05, 4.69) is 5.32 Å².